The maximum atomic E-state index is 13.0. The molecule has 1 aromatic carbocycles. The van der Waals surface area contributed by atoms with E-state index in [1.165, 1.54) is 12.1 Å². The highest BCUT2D eigenvalue weighted by atomic mass is 19.1. The van der Waals surface area contributed by atoms with Gasteiger partial charge in [0.1, 0.15) is 5.82 Å². The summed E-state index contributed by atoms with van der Waals surface area (Å²) in [7, 11) is 0. The van der Waals surface area contributed by atoms with E-state index in [4.69, 9.17) is 0 Å². The average molecular weight is 252 g/mol. The molecule has 0 aliphatic carbocycles. The largest absolute Gasteiger partial charge is 0.348 e. The zero-order valence-corrected chi connectivity index (χ0v) is 11.2. The fourth-order valence-corrected chi connectivity index (χ4v) is 1.56. The number of hydrogen-bond donors (Lipinski definition) is 2. The van der Waals surface area contributed by atoms with E-state index < -0.39 is 0 Å². The number of carbonyl (C=O) groups is 1. The highest BCUT2D eigenvalue weighted by Crippen LogP contribution is 2.12. The van der Waals surface area contributed by atoms with E-state index in [0.717, 1.165) is 12.0 Å². The van der Waals surface area contributed by atoms with E-state index in [1.807, 2.05) is 13.8 Å². The smallest absolute Gasteiger partial charge is 0.234 e. The molecule has 2 atom stereocenters. The van der Waals surface area contributed by atoms with Crippen LogP contribution in [0.5, 0.6) is 0 Å². The minimum absolute atomic E-state index is 0.0768. The van der Waals surface area contributed by atoms with E-state index in [0.29, 0.717) is 6.04 Å². The number of halogens is 1. The van der Waals surface area contributed by atoms with Crippen LogP contribution in [0, 0.1) is 5.82 Å². The summed E-state index contributed by atoms with van der Waals surface area (Å²) in [5, 5.41) is 5.95. The molecule has 0 aliphatic rings. The van der Waals surface area contributed by atoms with E-state index >= 15 is 0 Å². The van der Waals surface area contributed by atoms with Crippen molar-refractivity contribution in [1.29, 1.82) is 0 Å². The summed E-state index contributed by atoms with van der Waals surface area (Å²) in [5.74, 6) is -0.363. The van der Waals surface area contributed by atoms with Gasteiger partial charge in [0.15, 0.2) is 0 Å². The molecule has 0 radical (unpaired) electrons. The Morgan fingerprint density at radius 2 is 2.11 bits per heavy atom. The van der Waals surface area contributed by atoms with E-state index in [-0.39, 0.29) is 24.3 Å². The van der Waals surface area contributed by atoms with Gasteiger partial charge in [0.25, 0.3) is 0 Å². The standard InChI is InChI=1S/C14H21FN2O/c1-4-10(2)16-9-14(18)17-11(3)12-6-5-7-13(15)8-12/h5-8,10-11,16H,4,9H2,1-3H3,(H,17,18). The number of benzene rings is 1. The Morgan fingerprint density at radius 1 is 1.39 bits per heavy atom. The SMILES string of the molecule is CCC(C)NCC(=O)NC(C)c1cccc(F)c1. The molecule has 0 aliphatic heterocycles. The van der Waals surface area contributed by atoms with Gasteiger partial charge in [0, 0.05) is 6.04 Å². The van der Waals surface area contributed by atoms with Gasteiger partial charge in [-0.3, -0.25) is 4.79 Å². The summed E-state index contributed by atoms with van der Waals surface area (Å²) < 4.78 is 13.0. The van der Waals surface area contributed by atoms with Crippen molar-refractivity contribution >= 4 is 5.91 Å². The molecule has 0 saturated carbocycles. The number of rotatable bonds is 6. The topological polar surface area (TPSA) is 41.1 Å². The second-order valence-electron chi connectivity index (χ2n) is 4.53. The summed E-state index contributed by atoms with van der Waals surface area (Å²) in [6, 6.07) is 6.41. The predicted molar refractivity (Wildman–Crippen MR) is 70.7 cm³/mol. The van der Waals surface area contributed by atoms with Crippen LogP contribution in [0.15, 0.2) is 24.3 Å². The summed E-state index contributed by atoms with van der Waals surface area (Å²) in [6.07, 6.45) is 0.979. The van der Waals surface area contributed by atoms with Gasteiger partial charge in [-0.1, -0.05) is 19.1 Å². The highest BCUT2D eigenvalue weighted by Gasteiger charge is 2.10. The maximum absolute atomic E-state index is 13.0. The number of amides is 1. The van der Waals surface area contributed by atoms with Gasteiger partial charge in [-0.25, -0.2) is 4.39 Å². The van der Waals surface area contributed by atoms with Crippen molar-refractivity contribution in [3.05, 3.63) is 35.6 Å². The van der Waals surface area contributed by atoms with Crippen LogP contribution in [0.3, 0.4) is 0 Å². The Labute approximate surface area is 108 Å². The highest BCUT2D eigenvalue weighted by molar-refractivity contribution is 5.78. The molecular weight excluding hydrogens is 231 g/mol. The lowest BCUT2D eigenvalue weighted by Gasteiger charge is -2.16. The molecule has 0 saturated heterocycles. The monoisotopic (exact) mass is 252 g/mol. The van der Waals surface area contributed by atoms with Crippen molar-refractivity contribution in [2.75, 3.05) is 6.54 Å². The molecule has 0 heterocycles. The summed E-state index contributed by atoms with van der Waals surface area (Å²) in [4.78, 5) is 11.7. The van der Waals surface area contributed by atoms with E-state index in [1.54, 1.807) is 12.1 Å². The minimum Gasteiger partial charge on any atom is -0.348 e. The molecule has 100 valence electrons. The van der Waals surface area contributed by atoms with Crippen LogP contribution in [0.25, 0.3) is 0 Å². The molecule has 1 amide bonds. The molecule has 18 heavy (non-hydrogen) atoms. The molecule has 0 aromatic heterocycles. The third-order valence-corrected chi connectivity index (χ3v) is 2.95. The quantitative estimate of drug-likeness (QED) is 0.816. The molecule has 2 unspecified atom stereocenters. The third-order valence-electron chi connectivity index (χ3n) is 2.95. The molecule has 1 aromatic rings. The van der Waals surface area contributed by atoms with Crippen molar-refractivity contribution < 1.29 is 9.18 Å². The van der Waals surface area contributed by atoms with Gasteiger partial charge in [-0.2, -0.15) is 0 Å². The van der Waals surface area contributed by atoms with Gasteiger partial charge in [-0.15, -0.1) is 0 Å². The lowest BCUT2D eigenvalue weighted by Crippen LogP contribution is -2.38. The van der Waals surface area contributed by atoms with Crippen LogP contribution < -0.4 is 10.6 Å². The Balaban J connectivity index is 2.44. The fourth-order valence-electron chi connectivity index (χ4n) is 1.56. The molecule has 0 fully saturated rings. The summed E-state index contributed by atoms with van der Waals surface area (Å²) in [6.45, 7) is 6.22. The van der Waals surface area contributed by atoms with Crippen LogP contribution in [-0.2, 0) is 4.79 Å². The summed E-state index contributed by atoms with van der Waals surface area (Å²) in [5.41, 5.74) is 0.770. The minimum atomic E-state index is -0.286. The fraction of sp³-hybridized carbons (Fsp3) is 0.500. The average Bonchev–Trinajstić information content (AvgIpc) is 2.35. The molecule has 0 spiro atoms. The number of nitrogens with one attached hydrogen (secondary N) is 2. The Kier molecular flexibility index (Phi) is 5.78. The van der Waals surface area contributed by atoms with E-state index in [9.17, 15) is 9.18 Å². The van der Waals surface area contributed by atoms with Gasteiger partial charge in [0.2, 0.25) is 5.91 Å². The van der Waals surface area contributed by atoms with Crippen molar-refractivity contribution in [2.45, 2.75) is 39.3 Å². The Morgan fingerprint density at radius 3 is 2.72 bits per heavy atom. The van der Waals surface area contributed by atoms with Crippen LogP contribution in [0.4, 0.5) is 4.39 Å². The molecule has 4 heteroatoms. The third kappa shape index (κ3) is 4.84. The maximum Gasteiger partial charge on any atom is 0.234 e. The van der Waals surface area contributed by atoms with E-state index in [2.05, 4.69) is 17.6 Å². The molecular formula is C14H21FN2O. The van der Waals surface area contributed by atoms with Gasteiger partial charge in [0.05, 0.1) is 12.6 Å². The van der Waals surface area contributed by atoms with Gasteiger partial charge >= 0.3 is 0 Å². The van der Waals surface area contributed by atoms with Crippen molar-refractivity contribution in [1.82, 2.24) is 10.6 Å². The lowest BCUT2D eigenvalue weighted by atomic mass is 10.1. The summed E-state index contributed by atoms with van der Waals surface area (Å²) >= 11 is 0. The van der Waals surface area contributed by atoms with Crippen LogP contribution in [-0.4, -0.2) is 18.5 Å². The lowest BCUT2D eigenvalue weighted by molar-refractivity contribution is -0.121. The first-order valence-electron chi connectivity index (χ1n) is 6.31. The Hall–Kier alpha value is -1.42. The van der Waals surface area contributed by atoms with Gasteiger partial charge in [-0.05, 0) is 38.0 Å². The van der Waals surface area contributed by atoms with Crippen molar-refractivity contribution in [3.8, 4) is 0 Å². The molecule has 1 rings (SSSR count). The molecule has 3 nitrogen and oxygen atoms in total. The first kappa shape index (κ1) is 14.6. The normalized spacial score (nSPS) is 14.0. The van der Waals surface area contributed by atoms with Crippen molar-refractivity contribution in [2.24, 2.45) is 0 Å². The van der Waals surface area contributed by atoms with Crippen LogP contribution in [0.1, 0.15) is 38.8 Å². The van der Waals surface area contributed by atoms with Crippen LogP contribution in [0.2, 0.25) is 0 Å². The molecule has 0 bridgehead atoms. The zero-order chi connectivity index (χ0) is 13.5. The first-order valence-corrected chi connectivity index (χ1v) is 6.31. The number of hydrogen-bond acceptors (Lipinski definition) is 2. The first-order chi connectivity index (χ1) is 8.52. The Bertz CT molecular complexity index is 395. The second kappa shape index (κ2) is 7.11. The number of carbonyl (C=O) groups excluding carboxylic acids is 1. The van der Waals surface area contributed by atoms with Gasteiger partial charge < -0.3 is 10.6 Å². The predicted octanol–water partition coefficient (Wildman–Crippen LogP) is 2.39. The van der Waals surface area contributed by atoms with Crippen LogP contribution >= 0.6 is 0 Å². The van der Waals surface area contributed by atoms with Crippen molar-refractivity contribution in [3.63, 3.8) is 0 Å². The molecule has 2 N–H and O–H groups in total. The zero-order valence-electron chi connectivity index (χ0n) is 11.2. The second-order valence-corrected chi connectivity index (χ2v) is 4.53.